The van der Waals surface area contributed by atoms with Crippen molar-refractivity contribution < 1.29 is 54.8 Å². The molecular formula is C48H74N4O11. The van der Waals surface area contributed by atoms with E-state index in [4.69, 9.17) is 9.47 Å². The number of aromatic nitrogens is 2. The molecule has 7 fully saturated rings. The van der Waals surface area contributed by atoms with Crippen molar-refractivity contribution in [3.63, 3.8) is 0 Å². The Morgan fingerprint density at radius 1 is 0.921 bits per heavy atom. The van der Waals surface area contributed by atoms with Gasteiger partial charge in [0.15, 0.2) is 6.29 Å². The second-order valence-electron chi connectivity index (χ2n) is 23.0. The molecule has 8 aliphatic rings. The van der Waals surface area contributed by atoms with E-state index in [0.29, 0.717) is 51.4 Å². The Morgan fingerprint density at radius 2 is 1.65 bits per heavy atom. The number of aliphatic hydroxyl groups is 6. The largest absolute Gasteiger partial charge is 0.481 e. The first-order valence-electron chi connectivity index (χ1n) is 23.9. The van der Waals surface area contributed by atoms with Gasteiger partial charge in [0, 0.05) is 41.8 Å². The first-order chi connectivity index (χ1) is 29.8. The average molecular weight is 883 g/mol. The Hall–Kier alpha value is -2.47. The Morgan fingerprint density at radius 3 is 2.32 bits per heavy atom. The molecule has 1 amide bonds. The number of ether oxygens (including phenoxy) is 2. The van der Waals surface area contributed by atoms with E-state index in [1.165, 1.54) is 5.57 Å². The van der Waals surface area contributed by atoms with E-state index >= 15 is 0 Å². The normalized spacial score (nSPS) is 50.6. The minimum atomic E-state index is -1.60. The fraction of sp³-hybridized carbons (Fsp3) is 0.854. The number of hydrogen-bond acceptors (Lipinski definition) is 12. The van der Waals surface area contributed by atoms with E-state index in [1.54, 1.807) is 6.33 Å². The van der Waals surface area contributed by atoms with Gasteiger partial charge < -0.3 is 60.8 Å². The van der Waals surface area contributed by atoms with Crippen LogP contribution in [0.15, 0.2) is 24.2 Å². The summed E-state index contributed by atoms with van der Waals surface area (Å²) in [5.74, 6) is -1.89. The SMILES string of the molecule is C[C@]1(CO)CC[C@]2(C(=O)O)CC[C@]3(C)C(=CC[C@@H]4[C@@]5(C)[C@H](C[C@H]6CC(=O)N[C@@H]6C6(c7cnc[nH]7)CCNCC6)[C@@H](O)[C@@H](O[C@@H]6OC[C@@H](O)[C@H](O)[C@H]6O)[C@@](C)(CO)[C@H]5CC[C@]43C)[C@@H]2C1. The number of H-pyrrole nitrogens is 1. The molecule has 4 heterocycles. The van der Waals surface area contributed by atoms with Crippen LogP contribution in [0.1, 0.15) is 117 Å². The Bertz CT molecular complexity index is 1930. The number of rotatable bonds is 9. The van der Waals surface area contributed by atoms with E-state index in [0.717, 1.165) is 38.0 Å². The van der Waals surface area contributed by atoms with Crippen LogP contribution >= 0.6 is 0 Å². The summed E-state index contributed by atoms with van der Waals surface area (Å²) in [7, 11) is 0. The van der Waals surface area contributed by atoms with Crippen molar-refractivity contribution in [1.29, 1.82) is 0 Å². The van der Waals surface area contributed by atoms with Crippen LogP contribution in [0.5, 0.6) is 0 Å². The number of imidazole rings is 1. The molecule has 15 heteroatoms. The van der Waals surface area contributed by atoms with Crippen LogP contribution in [0.4, 0.5) is 0 Å². The number of carboxylic acid groups (broad SMARTS) is 1. The lowest BCUT2D eigenvalue weighted by atomic mass is 9.31. The van der Waals surface area contributed by atoms with Crippen LogP contribution in [0.2, 0.25) is 0 Å². The third-order valence-electron chi connectivity index (χ3n) is 20.4. The molecule has 9 rings (SSSR count). The number of aliphatic carboxylic acids is 1. The zero-order chi connectivity index (χ0) is 45.1. The molecule has 63 heavy (non-hydrogen) atoms. The van der Waals surface area contributed by atoms with Crippen molar-refractivity contribution in [2.24, 2.45) is 62.1 Å². The molecule has 5 aliphatic carbocycles. The predicted molar refractivity (Wildman–Crippen MR) is 229 cm³/mol. The van der Waals surface area contributed by atoms with Gasteiger partial charge >= 0.3 is 5.97 Å². The highest BCUT2D eigenvalue weighted by molar-refractivity contribution is 5.79. The average Bonchev–Trinajstić information content (AvgIpc) is 3.95. The molecule has 0 unspecified atom stereocenters. The second kappa shape index (κ2) is 15.8. The van der Waals surface area contributed by atoms with Gasteiger partial charge in [-0.3, -0.25) is 9.59 Å². The monoisotopic (exact) mass is 883 g/mol. The number of nitrogens with zero attached hydrogens (tertiary/aromatic N) is 1. The first kappa shape index (κ1) is 45.7. The van der Waals surface area contributed by atoms with Gasteiger partial charge in [-0.1, -0.05) is 46.3 Å². The predicted octanol–water partition coefficient (Wildman–Crippen LogP) is 2.78. The summed E-state index contributed by atoms with van der Waals surface area (Å²) in [6.07, 6.45) is 5.33. The summed E-state index contributed by atoms with van der Waals surface area (Å²) >= 11 is 0. The Labute approximate surface area is 371 Å². The number of amides is 1. The van der Waals surface area contributed by atoms with Gasteiger partial charge in [-0.05, 0) is 135 Å². The summed E-state index contributed by atoms with van der Waals surface area (Å²) in [6.45, 7) is 12.0. The van der Waals surface area contributed by atoms with E-state index < -0.39 is 70.4 Å². The number of carbonyl (C=O) groups excluding carboxylic acids is 1. The van der Waals surface area contributed by atoms with E-state index in [1.807, 2.05) is 13.1 Å². The van der Waals surface area contributed by atoms with Gasteiger partial charge in [0.25, 0.3) is 0 Å². The van der Waals surface area contributed by atoms with E-state index in [-0.39, 0.29) is 78.1 Å². The summed E-state index contributed by atoms with van der Waals surface area (Å²) in [4.78, 5) is 35.0. The maximum Gasteiger partial charge on any atom is 0.310 e. The summed E-state index contributed by atoms with van der Waals surface area (Å²) in [6, 6.07) is -0.257. The molecule has 0 bridgehead atoms. The third-order valence-corrected chi connectivity index (χ3v) is 20.4. The highest BCUT2D eigenvalue weighted by atomic mass is 16.7. The third kappa shape index (κ3) is 6.47. The van der Waals surface area contributed by atoms with Crippen molar-refractivity contribution in [2.75, 3.05) is 32.9 Å². The van der Waals surface area contributed by atoms with Crippen LogP contribution in [-0.4, -0.2) is 133 Å². The fourth-order valence-electron chi connectivity index (χ4n) is 16.6. The summed E-state index contributed by atoms with van der Waals surface area (Å²) in [5, 5.41) is 85.7. The second-order valence-corrected chi connectivity index (χ2v) is 23.0. The van der Waals surface area contributed by atoms with Crippen molar-refractivity contribution in [1.82, 2.24) is 20.6 Å². The Balaban J connectivity index is 1.16. The lowest BCUT2D eigenvalue weighted by Crippen LogP contribution is -2.72. The number of carbonyl (C=O) groups is 2. The molecule has 0 spiro atoms. The van der Waals surface area contributed by atoms with Gasteiger partial charge in [-0.15, -0.1) is 0 Å². The minimum absolute atomic E-state index is 0.00550. The molecule has 15 nitrogen and oxygen atoms in total. The molecule has 1 aromatic rings. The zero-order valence-corrected chi connectivity index (χ0v) is 37.9. The van der Waals surface area contributed by atoms with E-state index in [9.17, 15) is 45.3 Å². The van der Waals surface area contributed by atoms with Gasteiger partial charge in [0.05, 0.1) is 37.2 Å². The van der Waals surface area contributed by atoms with Crippen LogP contribution < -0.4 is 10.6 Å². The molecule has 3 aliphatic heterocycles. The number of allylic oxidation sites excluding steroid dienone is 2. The lowest BCUT2D eigenvalue weighted by molar-refractivity contribution is -0.340. The van der Waals surface area contributed by atoms with Crippen LogP contribution in [-0.2, 0) is 24.5 Å². The number of aliphatic hydroxyl groups excluding tert-OH is 6. The van der Waals surface area contributed by atoms with Gasteiger partial charge in [-0.25, -0.2) is 4.98 Å². The number of hydrogen-bond donors (Lipinski definition) is 10. The minimum Gasteiger partial charge on any atom is -0.481 e. The number of nitrogens with one attached hydrogen (secondary N) is 3. The zero-order valence-electron chi connectivity index (χ0n) is 37.9. The van der Waals surface area contributed by atoms with E-state index in [2.05, 4.69) is 54.4 Å². The maximum absolute atomic E-state index is 13.8. The number of carboxylic acids is 1. The number of aromatic amines is 1. The van der Waals surface area contributed by atoms with Crippen LogP contribution in [0.3, 0.4) is 0 Å². The standard InChI is InChI=1S/C48H74N4O11/c1-42(23-53)10-12-47(41(60)61)13-11-44(3)27(29(47)20-42)6-7-32-45(44,4)9-8-31-43(2,24-54)39(63-40-37(59)36(58)30(55)22-62-40)35(57)28(46(31,32)5)18-26-19-34(56)52-38(26)48(14-16-49-17-15-48)33-21-50-25-51-33/h6,21,25-26,28-32,35-40,49,53-55,57-59H,7-20,22-24H2,1-5H3,(H,50,51)(H,52,56)(H,60,61)/t26-,28+,29-,30+,31+,32-,35+,36-,37+,38-,39+,40-,42-,43-,44+,45+,46-,47-/m0/s1. The lowest BCUT2D eigenvalue weighted by Gasteiger charge is -2.73. The van der Waals surface area contributed by atoms with Crippen LogP contribution in [0.25, 0.3) is 0 Å². The fourth-order valence-corrected chi connectivity index (χ4v) is 16.6. The molecule has 10 N–H and O–H groups in total. The van der Waals surface area contributed by atoms with Crippen molar-refractivity contribution >= 4 is 11.9 Å². The molecule has 18 atom stereocenters. The van der Waals surface area contributed by atoms with Crippen molar-refractivity contribution in [2.45, 2.75) is 160 Å². The van der Waals surface area contributed by atoms with Gasteiger partial charge in [0.2, 0.25) is 5.91 Å². The smallest absolute Gasteiger partial charge is 0.310 e. The topological polar surface area (TPSA) is 247 Å². The molecule has 4 saturated carbocycles. The highest BCUT2D eigenvalue weighted by Crippen LogP contribution is 2.77. The maximum atomic E-state index is 13.8. The van der Waals surface area contributed by atoms with Gasteiger partial charge in [-0.2, -0.15) is 0 Å². The molecule has 0 radical (unpaired) electrons. The number of fused-ring (bicyclic) bond motifs is 7. The summed E-state index contributed by atoms with van der Waals surface area (Å²) < 4.78 is 12.5. The first-order valence-corrected chi connectivity index (χ1v) is 23.9. The highest BCUT2D eigenvalue weighted by Gasteiger charge is 2.74. The number of piperidine rings is 1. The quantitative estimate of drug-likeness (QED) is 0.127. The molecule has 3 saturated heterocycles. The Kier molecular flexibility index (Phi) is 11.5. The molecule has 1 aromatic heterocycles. The summed E-state index contributed by atoms with van der Waals surface area (Å²) in [5.41, 5.74) is -1.94. The molecule has 0 aromatic carbocycles. The van der Waals surface area contributed by atoms with Gasteiger partial charge in [0.1, 0.15) is 18.3 Å². The molecular weight excluding hydrogens is 809 g/mol. The van der Waals surface area contributed by atoms with Crippen LogP contribution in [0, 0.1) is 62.1 Å². The van der Waals surface area contributed by atoms with Crippen molar-refractivity contribution in [3.05, 3.63) is 29.9 Å². The van der Waals surface area contributed by atoms with Crippen molar-refractivity contribution in [3.8, 4) is 0 Å². The molecule has 352 valence electrons.